The van der Waals surface area contributed by atoms with Crippen molar-refractivity contribution in [2.45, 2.75) is 18.1 Å². The molecule has 1 aromatic heterocycles. The van der Waals surface area contributed by atoms with Crippen molar-refractivity contribution < 1.29 is 18.3 Å². The molecule has 1 N–H and O–H groups in total. The topological polar surface area (TPSA) is 74.7 Å². The van der Waals surface area contributed by atoms with Crippen LogP contribution in [0.1, 0.15) is 13.8 Å². The van der Waals surface area contributed by atoms with Gasteiger partial charge in [0.25, 0.3) is 10.0 Å². The lowest BCUT2D eigenvalue weighted by molar-refractivity contribution is -0.137. The van der Waals surface area contributed by atoms with Gasteiger partial charge in [-0.2, -0.15) is 4.31 Å². The molecule has 0 aromatic carbocycles. The Morgan fingerprint density at radius 1 is 1.53 bits per heavy atom. The third-order valence-electron chi connectivity index (χ3n) is 1.97. The van der Waals surface area contributed by atoms with E-state index in [0.29, 0.717) is 0 Å². The summed E-state index contributed by atoms with van der Waals surface area (Å²) >= 11 is 1.09. The van der Waals surface area contributed by atoms with Crippen LogP contribution in [0.3, 0.4) is 0 Å². The molecule has 0 amide bonds. The van der Waals surface area contributed by atoms with E-state index in [1.807, 2.05) is 13.8 Å². The molecule has 1 heterocycles. The van der Waals surface area contributed by atoms with Crippen LogP contribution >= 0.6 is 11.3 Å². The van der Waals surface area contributed by atoms with Gasteiger partial charge in [-0.05, 0) is 17.4 Å². The molecule has 0 aliphatic carbocycles. The van der Waals surface area contributed by atoms with Crippen molar-refractivity contribution in [3.05, 3.63) is 17.5 Å². The second-order valence-electron chi connectivity index (χ2n) is 4.02. The second kappa shape index (κ2) is 5.61. The summed E-state index contributed by atoms with van der Waals surface area (Å²) in [6, 6.07) is 3.11. The summed E-state index contributed by atoms with van der Waals surface area (Å²) in [6.45, 7) is 3.39. The van der Waals surface area contributed by atoms with E-state index in [1.165, 1.54) is 6.07 Å². The van der Waals surface area contributed by atoms with Gasteiger partial charge in [0.1, 0.15) is 10.8 Å². The fourth-order valence-electron chi connectivity index (χ4n) is 1.34. The van der Waals surface area contributed by atoms with Crippen LogP contribution in [0.2, 0.25) is 0 Å². The second-order valence-corrected chi connectivity index (χ2v) is 7.13. The maximum Gasteiger partial charge on any atom is 0.318 e. The molecule has 0 radical (unpaired) electrons. The zero-order valence-corrected chi connectivity index (χ0v) is 11.3. The largest absolute Gasteiger partial charge is 0.480 e. The summed E-state index contributed by atoms with van der Waals surface area (Å²) in [6.07, 6.45) is 0. The van der Waals surface area contributed by atoms with Crippen LogP contribution in [0.25, 0.3) is 0 Å². The van der Waals surface area contributed by atoms with Crippen molar-refractivity contribution in [2.75, 3.05) is 13.1 Å². The van der Waals surface area contributed by atoms with E-state index in [2.05, 4.69) is 0 Å². The summed E-state index contributed by atoms with van der Waals surface area (Å²) in [5, 5.41) is 10.4. The van der Waals surface area contributed by atoms with Crippen LogP contribution in [0, 0.1) is 5.92 Å². The third kappa shape index (κ3) is 3.79. The van der Waals surface area contributed by atoms with Crippen molar-refractivity contribution in [3.8, 4) is 0 Å². The molecule has 1 rings (SSSR count). The molecule has 0 bridgehead atoms. The Morgan fingerprint density at radius 2 is 2.18 bits per heavy atom. The molecule has 1 aromatic rings. The zero-order valence-electron chi connectivity index (χ0n) is 9.66. The number of nitrogens with zero attached hydrogens (tertiary/aromatic N) is 1. The van der Waals surface area contributed by atoms with Gasteiger partial charge in [0.2, 0.25) is 0 Å². The number of thiophene rings is 1. The Bertz CT molecular complexity index is 465. The zero-order chi connectivity index (χ0) is 13.1. The molecule has 0 saturated heterocycles. The highest BCUT2D eigenvalue weighted by molar-refractivity contribution is 7.91. The van der Waals surface area contributed by atoms with Crippen molar-refractivity contribution in [1.82, 2.24) is 4.31 Å². The average Bonchev–Trinajstić information content (AvgIpc) is 2.68. The Hall–Kier alpha value is -0.920. The highest BCUT2D eigenvalue weighted by atomic mass is 32.2. The lowest BCUT2D eigenvalue weighted by Gasteiger charge is -2.21. The van der Waals surface area contributed by atoms with Gasteiger partial charge >= 0.3 is 5.97 Å². The van der Waals surface area contributed by atoms with Gasteiger partial charge in [-0.15, -0.1) is 11.3 Å². The number of carbonyl (C=O) groups is 1. The number of rotatable bonds is 6. The number of sulfonamides is 1. The highest BCUT2D eigenvalue weighted by Gasteiger charge is 2.27. The fraction of sp³-hybridized carbons (Fsp3) is 0.500. The van der Waals surface area contributed by atoms with E-state index >= 15 is 0 Å². The fourth-order valence-corrected chi connectivity index (χ4v) is 4.04. The number of hydrogen-bond acceptors (Lipinski definition) is 4. The van der Waals surface area contributed by atoms with E-state index in [9.17, 15) is 13.2 Å². The smallest absolute Gasteiger partial charge is 0.318 e. The monoisotopic (exact) mass is 277 g/mol. The molecule has 0 unspecified atom stereocenters. The van der Waals surface area contributed by atoms with Crippen LogP contribution in [-0.2, 0) is 14.8 Å². The predicted octanol–water partition coefficient (Wildman–Crippen LogP) is 1.48. The van der Waals surface area contributed by atoms with Gasteiger partial charge in [-0.25, -0.2) is 8.42 Å². The molecule has 96 valence electrons. The normalized spacial score (nSPS) is 12.2. The van der Waals surface area contributed by atoms with Gasteiger partial charge in [-0.1, -0.05) is 19.9 Å². The van der Waals surface area contributed by atoms with Crippen LogP contribution < -0.4 is 0 Å². The molecule has 17 heavy (non-hydrogen) atoms. The number of carboxylic acids is 1. The maximum atomic E-state index is 12.1. The first-order valence-electron chi connectivity index (χ1n) is 5.09. The van der Waals surface area contributed by atoms with Gasteiger partial charge in [-0.3, -0.25) is 4.79 Å². The number of aliphatic carboxylic acids is 1. The Labute approximate surface area is 105 Å². The lowest BCUT2D eigenvalue weighted by Crippen LogP contribution is -2.37. The van der Waals surface area contributed by atoms with Crippen LogP contribution in [0.5, 0.6) is 0 Å². The van der Waals surface area contributed by atoms with E-state index < -0.39 is 22.5 Å². The molecular weight excluding hydrogens is 262 g/mol. The molecule has 0 atom stereocenters. The molecule has 5 nitrogen and oxygen atoms in total. The Kier molecular flexibility index (Phi) is 4.67. The van der Waals surface area contributed by atoms with Crippen LogP contribution in [0.4, 0.5) is 0 Å². The molecule has 7 heteroatoms. The minimum atomic E-state index is -3.68. The van der Waals surface area contributed by atoms with Gasteiger partial charge in [0.05, 0.1) is 0 Å². The minimum absolute atomic E-state index is 0.0732. The van der Waals surface area contributed by atoms with Gasteiger partial charge in [0, 0.05) is 6.54 Å². The molecule has 0 fully saturated rings. The SMILES string of the molecule is CC(C)CN(CC(=O)O)S(=O)(=O)c1cccs1. The van der Waals surface area contributed by atoms with Crippen molar-refractivity contribution in [2.24, 2.45) is 5.92 Å². The number of carboxylic acid groups (broad SMARTS) is 1. The maximum absolute atomic E-state index is 12.1. The van der Waals surface area contributed by atoms with Crippen molar-refractivity contribution in [1.29, 1.82) is 0 Å². The quantitative estimate of drug-likeness (QED) is 0.854. The lowest BCUT2D eigenvalue weighted by atomic mass is 10.2. The average molecular weight is 277 g/mol. The first-order valence-corrected chi connectivity index (χ1v) is 7.41. The first-order chi connectivity index (χ1) is 7.84. The van der Waals surface area contributed by atoms with E-state index in [1.54, 1.807) is 11.4 Å². The summed E-state index contributed by atoms with van der Waals surface area (Å²) in [7, 11) is -3.68. The predicted molar refractivity (Wildman–Crippen MR) is 65.6 cm³/mol. The van der Waals surface area contributed by atoms with Gasteiger partial charge in [0.15, 0.2) is 0 Å². The number of hydrogen-bond donors (Lipinski definition) is 1. The highest BCUT2D eigenvalue weighted by Crippen LogP contribution is 2.21. The summed E-state index contributed by atoms with van der Waals surface area (Å²) < 4.78 is 25.5. The Balaban J connectivity index is 3.00. The molecule has 0 aliphatic rings. The first kappa shape index (κ1) is 14.1. The van der Waals surface area contributed by atoms with E-state index in [-0.39, 0.29) is 16.7 Å². The third-order valence-corrected chi connectivity index (χ3v) is 5.15. The summed E-state index contributed by atoms with van der Waals surface area (Å²) in [4.78, 5) is 10.7. The van der Waals surface area contributed by atoms with Crippen molar-refractivity contribution in [3.63, 3.8) is 0 Å². The molecule has 0 spiro atoms. The standard InChI is InChI=1S/C10H15NO4S2/c1-8(2)6-11(7-9(12)13)17(14,15)10-4-3-5-16-10/h3-5,8H,6-7H2,1-2H3,(H,12,13). The molecular formula is C10H15NO4S2. The van der Waals surface area contributed by atoms with E-state index in [4.69, 9.17) is 5.11 Å². The summed E-state index contributed by atoms with van der Waals surface area (Å²) in [5.41, 5.74) is 0. The van der Waals surface area contributed by atoms with Crippen LogP contribution in [0.15, 0.2) is 21.7 Å². The van der Waals surface area contributed by atoms with E-state index in [0.717, 1.165) is 15.6 Å². The Morgan fingerprint density at radius 3 is 2.59 bits per heavy atom. The van der Waals surface area contributed by atoms with Crippen molar-refractivity contribution >= 4 is 27.3 Å². The van der Waals surface area contributed by atoms with Crippen LogP contribution in [-0.4, -0.2) is 36.9 Å². The minimum Gasteiger partial charge on any atom is -0.480 e. The molecule has 0 aliphatic heterocycles. The molecule has 0 saturated carbocycles. The summed E-state index contributed by atoms with van der Waals surface area (Å²) in [5.74, 6) is -1.07. The van der Waals surface area contributed by atoms with Gasteiger partial charge < -0.3 is 5.11 Å².